The lowest BCUT2D eigenvalue weighted by molar-refractivity contribution is -0.384. The molecule has 172 valence electrons. The molecule has 0 bridgehead atoms. The smallest absolute Gasteiger partial charge is 0.325 e. The summed E-state index contributed by atoms with van der Waals surface area (Å²) < 4.78 is 65.9. The van der Waals surface area contributed by atoms with Crippen LogP contribution in [0.3, 0.4) is 0 Å². The average Bonchev–Trinajstić information content (AvgIpc) is 2.77. The summed E-state index contributed by atoms with van der Waals surface area (Å²) in [6.45, 7) is -0.786. The third-order valence-corrected chi connectivity index (χ3v) is 6.23. The number of anilines is 2. The fraction of sp³-hybridized carbons (Fsp3) is 0.0952. The number of alkyl halides is 3. The number of nitro groups is 1. The van der Waals surface area contributed by atoms with Crippen molar-refractivity contribution in [1.29, 1.82) is 0 Å². The molecule has 33 heavy (non-hydrogen) atoms. The van der Waals surface area contributed by atoms with Crippen molar-refractivity contribution >= 4 is 33.0 Å². The second-order valence-electron chi connectivity index (χ2n) is 6.72. The first-order valence-electron chi connectivity index (χ1n) is 9.28. The van der Waals surface area contributed by atoms with Gasteiger partial charge in [0.05, 0.1) is 21.1 Å². The van der Waals surface area contributed by atoms with Crippen LogP contribution >= 0.6 is 0 Å². The highest BCUT2D eigenvalue weighted by Crippen LogP contribution is 2.31. The van der Waals surface area contributed by atoms with Gasteiger partial charge in [0, 0.05) is 17.8 Å². The Morgan fingerprint density at radius 1 is 0.970 bits per heavy atom. The highest BCUT2D eigenvalue weighted by molar-refractivity contribution is 7.92. The molecule has 1 amide bonds. The van der Waals surface area contributed by atoms with Gasteiger partial charge in [0.25, 0.3) is 15.7 Å². The Labute approximate surface area is 186 Å². The molecule has 0 radical (unpaired) electrons. The van der Waals surface area contributed by atoms with Crippen LogP contribution in [0.1, 0.15) is 5.56 Å². The molecule has 0 aromatic heterocycles. The lowest BCUT2D eigenvalue weighted by Crippen LogP contribution is -2.38. The summed E-state index contributed by atoms with van der Waals surface area (Å²) in [7, 11) is -4.28. The minimum Gasteiger partial charge on any atom is -0.325 e. The van der Waals surface area contributed by atoms with E-state index in [-0.39, 0.29) is 22.0 Å². The number of sulfonamides is 1. The Kier molecular flexibility index (Phi) is 6.68. The molecular weight excluding hydrogens is 463 g/mol. The van der Waals surface area contributed by atoms with E-state index in [0.717, 1.165) is 46.8 Å². The first-order chi connectivity index (χ1) is 15.5. The largest absolute Gasteiger partial charge is 0.416 e. The van der Waals surface area contributed by atoms with Crippen molar-refractivity contribution < 1.29 is 31.3 Å². The van der Waals surface area contributed by atoms with Gasteiger partial charge in [0.15, 0.2) is 0 Å². The van der Waals surface area contributed by atoms with Gasteiger partial charge in [-0.3, -0.25) is 19.2 Å². The number of non-ortho nitro benzene ring substituents is 1. The summed E-state index contributed by atoms with van der Waals surface area (Å²) in [5, 5.41) is 13.2. The van der Waals surface area contributed by atoms with Crippen molar-refractivity contribution in [1.82, 2.24) is 0 Å². The molecule has 0 aliphatic rings. The molecule has 0 atom stereocenters. The molecule has 0 spiro atoms. The third-order valence-electron chi connectivity index (χ3n) is 4.44. The number of nitrogens with one attached hydrogen (secondary N) is 1. The quantitative estimate of drug-likeness (QED) is 0.398. The first kappa shape index (κ1) is 23.7. The number of rotatable bonds is 7. The number of hydrogen-bond donors (Lipinski definition) is 1. The summed E-state index contributed by atoms with van der Waals surface area (Å²) in [6, 6.07) is 15.5. The van der Waals surface area contributed by atoms with E-state index in [2.05, 4.69) is 5.32 Å². The van der Waals surface area contributed by atoms with Crippen LogP contribution < -0.4 is 9.62 Å². The Balaban J connectivity index is 1.93. The zero-order valence-corrected chi connectivity index (χ0v) is 17.5. The fourth-order valence-corrected chi connectivity index (χ4v) is 4.32. The van der Waals surface area contributed by atoms with Gasteiger partial charge >= 0.3 is 6.18 Å². The predicted molar refractivity (Wildman–Crippen MR) is 114 cm³/mol. The predicted octanol–water partition coefficient (Wildman–Crippen LogP) is 4.45. The highest BCUT2D eigenvalue weighted by Gasteiger charge is 2.31. The van der Waals surface area contributed by atoms with Crippen LogP contribution in [-0.2, 0) is 21.0 Å². The number of halogens is 3. The highest BCUT2D eigenvalue weighted by atomic mass is 32.2. The van der Waals surface area contributed by atoms with Crippen LogP contribution in [0.5, 0.6) is 0 Å². The van der Waals surface area contributed by atoms with E-state index < -0.39 is 39.1 Å². The first-order valence-corrected chi connectivity index (χ1v) is 10.7. The third kappa shape index (κ3) is 5.66. The number of benzene rings is 3. The number of amides is 1. The Hall–Kier alpha value is -3.93. The number of hydrogen-bond acceptors (Lipinski definition) is 5. The van der Waals surface area contributed by atoms with E-state index >= 15 is 0 Å². The molecule has 3 rings (SSSR count). The number of nitro benzene ring substituents is 1. The van der Waals surface area contributed by atoms with E-state index in [1.165, 1.54) is 30.3 Å². The van der Waals surface area contributed by atoms with Crippen LogP contribution in [0, 0.1) is 10.1 Å². The molecule has 12 heteroatoms. The molecular formula is C21H16F3N3O5S. The van der Waals surface area contributed by atoms with Gasteiger partial charge in [-0.2, -0.15) is 13.2 Å². The van der Waals surface area contributed by atoms with Crippen molar-refractivity contribution in [3.63, 3.8) is 0 Å². The lowest BCUT2D eigenvalue weighted by atomic mass is 10.2. The zero-order chi connectivity index (χ0) is 24.2. The van der Waals surface area contributed by atoms with E-state index in [9.17, 15) is 36.5 Å². The molecule has 0 heterocycles. The Bertz CT molecular complexity index is 1260. The summed E-state index contributed by atoms with van der Waals surface area (Å²) in [6.07, 6.45) is -4.62. The maximum atomic E-state index is 13.2. The summed E-state index contributed by atoms with van der Waals surface area (Å²) in [5.74, 6) is -0.910. The normalized spacial score (nSPS) is 11.6. The lowest BCUT2D eigenvalue weighted by Gasteiger charge is -2.24. The molecule has 0 unspecified atom stereocenters. The number of carbonyl (C=O) groups excluding carboxylic acids is 1. The van der Waals surface area contributed by atoms with Gasteiger partial charge in [0.2, 0.25) is 5.91 Å². The topological polar surface area (TPSA) is 110 Å². The summed E-state index contributed by atoms with van der Waals surface area (Å²) in [5.41, 5.74) is -1.48. The van der Waals surface area contributed by atoms with Gasteiger partial charge in [0.1, 0.15) is 6.54 Å². The van der Waals surface area contributed by atoms with E-state index in [4.69, 9.17) is 0 Å². The number of carbonyl (C=O) groups is 1. The molecule has 0 saturated heterocycles. The van der Waals surface area contributed by atoms with Crippen molar-refractivity contribution in [2.24, 2.45) is 0 Å². The van der Waals surface area contributed by atoms with Crippen LogP contribution in [0.25, 0.3) is 0 Å². The zero-order valence-electron chi connectivity index (χ0n) is 16.7. The van der Waals surface area contributed by atoms with Crippen LogP contribution in [0.15, 0.2) is 83.8 Å². The van der Waals surface area contributed by atoms with Gasteiger partial charge in [-0.25, -0.2) is 8.42 Å². The summed E-state index contributed by atoms with van der Waals surface area (Å²) >= 11 is 0. The minimum absolute atomic E-state index is 0.0383. The standard InChI is InChI=1S/C21H16F3N3O5S/c22-21(23,24)15-5-4-6-16(13-15)25-20(28)14-26(17-9-11-18(12-10-17)27(29)30)33(31,32)19-7-2-1-3-8-19/h1-13H,14H2,(H,25,28). The average molecular weight is 479 g/mol. The fourth-order valence-electron chi connectivity index (χ4n) is 2.88. The van der Waals surface area contributed by atoms with E-state index in [0.29, 0.717) is 0 Å². The monoisotopic (exact) mass is 479 g/mol. The van der Waals surface area contributed by atoms with Crippen molar-refractivity contribution in [2.75, 3.05) is 16.2 Å². The van der Waals surface area contributed by atoms with Crippen molar-refractivity contribution in [3.05, 3.63) is 94.5 Å². The second kappa shape index (κ2) is 9.28. The molecule has 1 N–H and O–H groups in total. The van der Waals surface area contributed by atoms with Crippen LogP contribution in [0.4, 0.5) is 30.2 Å². The summed E-state index contributed by atoms with van der Waals surface area (Å²) in [4.78, 5) is 22.7. The molecule has 0 saturated carbocycles. The van der Waals surface area contributed by atoms with Gasteiger partial charge in [-0.05, 0) is 42.5 Å². The Morgan fingerprint density at radius 2 is 1.61 bits per heavy atom. The molecule has 0 fully saturated rings. The van der Waals surface area contributed by atoms with Gasteiger partial charge < -0.3 is 5.32 Å². The van der Waals surface area contributed by atoms with Gasteiger partial charge in [-0.15, -0.1) is 0 Å². The number of nitrogens with zero attached hydrogens (tertiary/aromatic N) is 2. The van der Waals surface area contributed by atoms with Crippen LogP contribution in [-0.4, -0.2) is 25.8 Å². The molecule has 0 aliphatic heterocycles. The molecule has 8 nitrogen and oxygen atoms in total. The maximum Gasteiger partial charge on any atom is 0.416 e. The van der Waals surface area contributed by atoms with Crippen molar-refractivity contribution in [2.45, 2.75) is 11.1 Å². The van der Waals surface area contributed by atoms with E-state index in [1.54, 1.807) is 6.07 Å². The van der Waals surface area contributed by atoms with Gasteiger partial charge in [-0.1, -0.05) is 24.3 Å². The molecule has 3 aromatic rings. The molecule has 0 aliphatic carbocycles. The van der Waals surface area contributed by atoms with Crippen molar-refractivity contribution in [3.8, 4) is 0 Å². The second-order valence-corrected chi connectivity index (χ2v) is 8.59. The molecule has 3 aromatic carbocycles. The van der Waals surface area contributed by atoms with E-state index in [1.807, 2.05) is 0 Å². The maximum absolute atomic E-state index is 13.2. The minimum atomic E-state index is -4.62. The SMILES string of the molecule is O=C(CN(c1ccc([N+](=O)[O-])cc1)S(=O)(=O)c1ccccc1)Nc1cccc(C(F)(F)F)c1. The Morgan fingerprint density at radius 3 is 2.18 bits per heavy atom. The van der Waals surface area contributed by atoms with Crippen LogP contribution in [0.2, 0.25) is 0 Å².